The fourth-order valence-corrected chi connectivity index (χ4v) is 4.65. The molecule has 7 heteroatoms. The topological polar surface area (TPSA) is 78.2 Å². The standard InChI is InChI=1S/C28H33NO6/c1-6-8-12-34-21-10-9-19(16-22(21)33-7-2)24-23-25(30)20-15-17(3)14-18(4)26(20)35-27(23)28(31)29(24)11-13-32-5/h9-10,14-16,24H,6-8,11-13H2,1-5H3. The number of aryl methyl sites for hydroxylation is 2. The Balaban J connectivity index is 1.89. The van der Waals surface area contributed by atoms with Crippen LogP contribution in [-0.2, 0) is 4.74 Å². The maximum Gasteiger partial charge on any atom is 0.290 e. The van der Waals surface area contributed by atoms with Crippen LogP contribution in [0.4, 0.5) is 0 Å². The van der Waals surface area contributed by atoms with E-state index in [9.17, 15) is 9.59 Å². The molecule has 0 saturated carbocycles. The van der Waals surface area contributed by atoms with E-state index in [0.29, 0.717) is 54.4 Å². The number of benzene rings is 2. The molecule has 2 heterocycles. The number of ether oxygens (including phenoxy) is 3. The monoisotopic (exact) mass is 479 g/mol. The molecular weight excluding hydrogens is 446 g/mol. The minimum Gasteiger partial charge on any atom is -0.490 e. The molecule has 0 saturated heterocycles. The zero-order chi connectivity index (χ0) is 25.1. The predicted octanol–water partition coefficient (Wildman–Crippen LogP) is 5.18. The molecule has 1 aromatic heterocycles. The maximum atomic E-state index is 13.8. The molecule has 1 unspecified atom stereocenters. The van der Waals surface area contributed by atoms with Crippen molar-refractivity contribution < 1.29 is 23.4 Å². The van der Waals surface area contributed by atoms with Gasteiger partial charge < -0.3 is 23.5 Å². The van der Waals surface area contributed by atoms with Gasteiger partial charge in [0.25, 0.3) is 5.91 Å². The highest BCUT2D eigenvalue weighted by molar-refractivity contribution is 5.99. The molecule has 0 N–H and O–H groups in total. The summed E-state index contributed by atoms with van der Waals surface area (Å²) in [5, 5.41) is 0.484. The molecule has 7 nitrogen and oxygen atoms in total. The fraction of sp³-hybridized carbons (Fsp3) is 0.429. The van der Waals surface area contributed by atoms with Gasteiger partial charge >= 0.3 is 0 Å². The van der Waals surface area contributed by atoms with Crippen molar-refractivity contribution in [3.63, 3.8) is 0 Å². The molecule has 0 fully saturated rings. The van der Waals surface area contributed by atoms with Crippen molar-refractivity contribution in [2.75, 3.05) is 33.5 Å². The normalized spacial score (nSPS) is 15.1. The molecule has 1 aliphatic rings. The third-order valence-electron chi connectivity index (χ3n) is 6.27. The number of hydrogen-bond donors (Lipinski definition) is 0. The predicted molar refractivity (Wildman–Crippen MR) is 135 cm³/mol. The lowest BCUT2D eigenvalue weighted by Gasteiger charge is -2.25. The zero-order valence-corrected chi connectivity index (χ0v) is 21.1. The Bertz CT molecular complexity index is 1290. The van der Waals surface area contributed by atoms with Gasteiger partial charge in [0.15, 0.2) is 16.9 Å². The number of nitrogens with zero attached hydrogens (tertiary/aromatic N) is 1. The van der Waals surface area contributed by atoms with Crippen molar-refractivity contribution >= 4 is 16.9 Å². The average molecular weight is 480 g/mol. The van der Waals surface area contributed by atoms with Crippen LogP contribution in [0.1, 0.15) is 65.5 Å². The highest BCUT2D eigenvalue weighted by Gasteiger charge is 2.43. The van der Waals surface area contributed by atoms with E-state index in [0.717, 1.165) is 29.5 Å². The Morgan fingerprint density at radius 3 is 2.51 bits per heavy atom. The Labute approximate surface area is 205 Å². The average Bonchev–Trinajstić information content (AvgIpc) is 3.11. The van der Waals surface area contributed by atoms with Crippen molar-refractivity contribution in [2.45, 2.75) is 46.6 Å². The summed E-state index contributed by atoms with van der Waals surface area (Å²) in [7, 11) is 1.59. The van der Waals surface area contributed by atoms with Gasteiger partial charge in [0, 0.05) is 13.7 Å². The van der Waals surface area contributed by atoms with E-state index in [4.69, 9.17) is 18.6 Å². The van der Waals surface area contributed by atoms with Gasteiger partial charge in [-0.15, -0.1) is 0 Å². The molecule has 186 valence electrons. The summed E-state index contributed by atoms with van der Waals surface area (Å²) in [5.74, 6) is 1.01. The first-order valence-electron chi connectivity index (χ1n) is 12.2. The third kappa shape index (κ3) is 4.65. The van der Waals surface area contributed by atoms with E-state index in [-0.39, 0.29) is 17.1 Å². The van der Waals surface area contributed by atoms with Crippen LogP contribution in [0.15, 0.2) is 39.5 Å². The molecule has 0 radical (unpaired) electrons. The number of hydrogen-bond acceptors (Lipinski definition) is 6. The van der Waals surface area contributed by atoms with Gasteiger partial charge in [-0.2, -0.15) is 0 Å². The van der Waals surface area contributed by atoms with Crippen LogP contribution in [0.3, 0.4) is 0 Å². The molecule has 1 atom stereocenters. The number of amides is 1. The summed E-state index contributed by atoms with van der Waals surface area (Å²) in [6.07, 6.45) is 1.97. The quantitative estimate of drug-likeness (QED) is 0.373. The lowest BCUT2D eigenvalue weighted by Crippen LogP contribution is -2.32. The van der Waals surface area contributed by atoms with Gasteiger partial charge in [-0.1, -0.05) is 25.5 Å². The molecule has 2 aromatic carbocycles. The molecule has 0 aliphatic carbocycles. The van der Waals surface area contributed by atoms with Gasteiger partial charge in [0.1, 0.15) is 5.58 Å². The molecule has 3 aromatic rings. The molecular formula is C28H33NO6. The number of unbranched alkanes of at least 4 members (excludes halogenated alkanes) is 1. The Morgan fingerprint density at radius 1 is 1.00 bits per heavy atom. The first-order valence-corrected chi connectivity index (χ1v) is 12.2. The number of carbonyl (C=O) groups is 1. The first-order chi connectivity index (χ1) is 16.9. The Morgan fingerprint density at radius 2 is 1.80 bits per heavy atom. The Kier molecular flexibility index (Phi) is 7.45. The zero-order valence-electron chi connectivity index (χ0n) is 21.1. The van der Waals surface area contributed by atoms with Crippen LogP contribution < -0.4 is 14.9 Å². The molecule has 1 aliphatic heterocycles. The van der Waals surface area contributed by atoms with Crippen LogP contribution >= 0.6 is 0 Å². The van der Waals surface area contributed by atoms with E-state index in [1.165, 1.54) is 0 Å². The van der Waals surface area contributed by atoms with E-state index >= 15 is 0 Å². The second-order valence-electron chi connectivity index (χ2n) is 8.87. The van der Waals surface area contributed by atoms with E-state index in [1.54, 1.807) is 12.0 Å². The maximum absolute atomic E-state index is 13.8. The summed E-state index contributed by atoms with van der Waals surface area (Å²) in [6, 6.07) is 8.76. The lowest BCUT2D eigenvalue weighted by molar-refractivity contribution is 0.0663. The van der Waals surface area contributed by atoms with Crippen LogP contribution in [-0.4, -0.2) is 44.3 Å². The van der Waals surface area contributed by atoms with E-state index in [1.807, 2.05) is 51.1 Å². The van der Waals surface area contributed by atoms with Gasteiger partial charge in [0.2, 0.25) is 5.76 Å². The third-order valence-corrected chi connectivity index (χ3v) is 6.27. The van der Waals surface area contributed by atoms with Crippen molar-refractivity contribution in [3.05, 3.63) is 68.6 Å². The molecule has 4 rings (SSSR count). The minimum atomic E-state index is -0.613. The smallest absolute Gasteiger partial charge is 0.290 e. The number of methoxy groups -OCH3 is 1. The largest absolute Gasteiger partial charge is 0.490 e. The summed E-state index contributed by atoms with van der Waals surface area (Å²) >= 11 is 0. The summed E-state index contributed by atoms with van der Waals surface area (Å²) < 4.78 is 23.2. The van der Waals surface area contributed by atoms with Gasteiger partial charge in [0.05, 0.1) is 36.8 Å². The van der Waals surface area contributed by atoms with Crippen LogP contribution in [0.2, 0.25) is 0 Å². The van der Waals surface area contributed by atoms with Crippen molar-refractivity contribution in [3.8, 4) is 11.5 Å². The molecule has 0 spiro atoms. The SMILES string of the molecule is CCCCOc1ccc(C2c3c(oc4c(C)cc(C)cc4c3=O)C(=O)N2CCOC)cc1OCC. The molecule has 1 amide bonds. The Hall–Kier alpha value is -3.32. The van der Waals surface area contributed by atoms with E-state index < -0.39 is 6.04 Å². The van der Waals surface area contributed by atoms with Gasteiger partial charge in [-0.3, -0.25) is 9.59 Å². The van der Waals surface area contributed by atoms with Crippen molar-refractivity contribution in [2.24, 2.45) is 0 Å². The summed E-state index contributed by atoms with van der Waals surface area (Å²) in [6.45, 7) is 9.55. The van der Waals surface area contributed by atoms with Gasteiger partial charge in [-0.05, 0) is 62.1 Å². The van der Waals surface area contributed by atoms with Crippen LogP contribution in [0.5, 0.6) is 11.5 Å². The number of fused-ring (bicyclic) bond motifs is 2. The highest BCUT2D eigenvalue weighted by Crippen LogP contribution is 2.41. The van der Waals surface area contributed by atoms with Crippen LogP contribution in [0, 0.1) is 13.8 Å². The lowest BCUT2D eigenvalue weighted by atomic mass is 9.97. The van der Waals surface area contributed by atoms with Crippen molar-refractivity contribution in [1.29, 1.82) is 0 Å². The first kappa shape index (κ1) is 24.8. The minimum absolute atomic E-state index is 0.0942. The molecule has 35 heavy (non-hydrogen) atoms. The summed E-state index contributed by atoms with van der Waals surface area (Å²) in [5.41, 5.74) is 3.17. The fourth-order valence-electron chi connectivity index (χ4n) is 4.65. The number of rotatable bonds is 10. The van der Waals surface area contributed by atoms with Crippen molar-refractivity contribution in [1.82, 2.24) is 4.90 Å². The number of carbonyl (C=O) groups excluding carboxylic acids is 1. The van der Waals surface area contributed by atoms with Crippen LogP contribution in [0.25, 0.3) is 11.0 Å². The second-order valence-corrected chi connectivity index (χ2v) is 8.87. The highest BCUT2D eigenvalue weighted by atomic mass is 16.5. The summed E-state index contributed by atoms with van der Waals surface area (Å²) in [4.78, 5) is 28.9. The molecule has 0 bridgehead atoms. The second kappa shape index (κ2) is 10.5. The van der Waals surface area contributed by atoms with E-state index in [2.05, 4.69) is 6.92 Å². The van der Waals surface area contributed by atoms with Gasteiger partial charge in [-0.25, -0.2) is 0 Å².